The summed E-state index contributed by atoms with van der Waals surface area (Å²) in [5.74, 6) is -1.01. The van der Waals surface area contributed by atoms with Crippen molar-refractivity contribution in [3.05, 3.63) is 59.5 Å². The lowest BCUT2D eigenvalue weighted by Gasteiger charge is -2.17. The first kappa shape index (κ1) is 16.3. The zero-order valence-electron chi connectivity index (χ0n) is 14.3. The van der Waals surface area contributed by atoms with Crippen molar-refractivity contribution in [3.8, 4) is 0 Å². The maximum Gasteiger partial charge on any atom is 0.335 e. The van der Waals surface area contributed by atoms with Gasteiger partial charge in [0.05, 0.1) is 17.5 Å². The van der Waals surface area contributed by atoms with Crippen LogP contribution >= 0.6 is 0 Å². The zero-order valence-corrected chi connectivity index (χ0v) is 14.3. The number of aromatic carboxylic acids is 1. The molecule has 1 saturated heterocycles. The maximum atomic E-state index is 12.8. The van der Waals surface area contributed by atoms with Gasteiger partial charge in [0, 0.05) is 32.3 Å². The summed E-state index contributed by atoms with van der Waals surface area (Å²) >= 11 is 0. The van der Waals surface area contributed by atoms with Crippen LogP contribution in [-0.2, 0) is 7.05 Å². The molecule has 2 aromatic heterocycles. The highest BCUT2D eigenvalue weighted by molar-refractivity contribution is 5.96. The summed E-state index contributed by atoms with van der Waals surface area (Å²) in [7, 11) is 1.86. The third kappa shape index (κ3) is 2.71. The third-order valence-corrected chi connectivity index (χ3v) is 4.90. The molecule has 3 aromatic rings. The molecule has 0 aliphatic carbocycles. The number of rotatable bonds is 3. The van der Waals surface area contributed by atoms with E-state index < -0.39 is 5.97 Å². The normalized spacial score (nSPS) is 17.0. The van der Waals surface area contributed by atoms with Crippen molar-refractivity contribution in [1.29, 1.82) is 0 Å². The largest absolute Gasteiger partial charge is 0.478 e. The molecular formula is C19H18N4O3. The Hall–Kier alpha value is -3.22. The van der Waals surface area contributed by atoms with Crippen molar-refractivity contribution in [3.63, 3.8) is 0 Å². The summed E-state index contributed by atoms with van der Waals surface area (Å²) in [4.78, 5) is 34.6. The van der Waals surface area contributed by atoms with Crippen LogP contribution in [0.5, 0.6) is 0 Å². The first-order chi connectivity index (χ1) is 12.5. The van der Waals surface area contributed by atoms with Gasteiger partial charge in [0.2, 0.25) is 0 Å². The Morgan fingerprint density at radius 2 is 2.04 bits per heavy atom. The van der Waals surface area contributed by atoms with Crippen molar-refractivity contribution >= 4 is 23.0 Å². The first-order valence-corrected chi connectivity index (χ1v) is 8.43. The van der Waals surface area contributed by atoms with E-state index >= 15 is 0 Å². The molecule has 7 nitrogen and oxygen atoms in total. The van der Waals surface area contributed by atoms with Gasteiger partial charge in [0.25, 0.3) is 5.91 Å². The number of likely N-dealkylation sites (tertiary alicyclic amines) is 1. The fraction of sp³-hybridized carbons (Fsp3) is 0.263. The Morgan fingerprint density at radius 3 is 2.85 bits per heavy atom. The van der Waals surface area contributed by atoms with Gasteiger partial charge in [0.15, 0.2) is 5.65 Å². The Balaban J connectivity index is 1.56. The molecule has 7 heteroatoms. The minimum atomic E-state index is -0.935. The Bertz CT molecular complexity index is 1010. The molecule has 1 fully saturated rings. The molecule has 1 aliphatic rings. The lowest BCUT2D eigenvalue weighted by molar-refractivity contribution is 0.0695. The topological polar surface area (TPSA) is 88.3 Å². The maximum absolute atomic E-state index is 12.8. The Morgan fingerprint density at radius 1 is 1.23 bits per heavy atom. The lowest BCUT2D eigenvalue weighted by atomic mass is 9.93. The monoisotopic (exact) mass is 350 g/mol. The average molecular weight is 350 g/mol. The van der Waals surface area contributed by atoms with Crippen LogP contribution in [0.15, 0.2) is 42.9 Å². The number of nitrogens with zero attached hydrogens (tertiary/aromatic N) is 4. The van der Waals surface area contributed by atoms with Crippen LogP contribution in [0.25, 0.3) is 11.2 Å². The van der Waals surface area contributed by atoms with E-state index in [-0.39, 0.29) is 11.8 Å². The molecule has 1 aromatic carbocycles. The van der Waals surface area contributed by atoms with Gasteiger partial charge >= 0.3 is 5.97 Å². The van der Waals surface area contributed by atoms with Crippen LogP contribution in [0.4, 0.5) is 0 Å². The van der Waals surface area contributed by atoms with E-state index in [0.717, 1.165) is 17.6 Å². The third-order valence-electron chi connectivity index (χ3n) is 4.90. The number of hydrogen-bond donors (Lipinski definition) is 1. The number of amides is 1. The van der Waals surface area contributed by atoms with Gasteiger partial charge in [0.1, 0.15) is 5.52 Å². The molecule has 1 amide bonds. The molecular weight excluding hydrogens is 332 g/mol. The van der Waals surface area contributed by atoms with Crippen molar-refractivity contribution in [2.75, 3.05) is 13.1 Å². The number of benzene rings is 1. The standard InChI is InChI=1S/C19H18N4O3/c1-22-11-21-16-8-13(9-20-17(16)22)18(24)23-7-6-12(10-23)14-4-2-3-5-15(14)19(25)26/h2-5,8-9,11-12H,6-7,10H2,1H3,(H,25,26)/t12-/m0/s1. The molecule has 4 rings (SSSR count). The number of carbonyl (C=O) groups is 2. The van der Waals surface area contributed by atoms with Crippen molar-refractivity contribution < 1.29 is 14.7 Å². The summed E-state index contributed by atoms with van der Waals surface area (Å²) < 4.78 is 1.80. The van der Waals surface area contributed by atoms with Crippen LogP contribution in [0.2, 0.25) is 0 Å². The number of aryl methyl sites for hydroxylation is 1. The minimum absolute atomic E-state index is 0.0257. The van der Waals surface area contributed by atoms with Gasteiger partial charge in [-0.05, 0) is 24.1 Å². The molecule has 0 radical (unpaired) electrons. The summed E-state index contributed by atoms with van der Waals surface area (Å²) in [6, 6.07) is 8.76. The van der Waals surface area contributed by atoms with Crippen LogP contribution < -0.4 is 0 Å². The molecule has 3 heterocycles. The van der Waals surface area contributed by atoms with Crippen LogP contribution in [0, 0.1) is 0 Å². The summed E-state index contributed by atoms with van der Waals surface area (Å²) in [6.45, 7) is 1.10. The molecule has 0 unspecified atom stereocenters. The predicted molar refractivity (Wildman–Crippen MR) is 95.2 cm³/mol. The van der Waals surface area contributed by atoms with Gasteiger partial charge in [-0.25, -0.2) is 14.8 Å². The highest BCUT2D eigenvalue weighted by Crippen LogP contribution is 2.30. The first-order valence-electron chi connectivity index (χ1n) is 8.43. The smallest absolute Gasteiger partial charge is 0.335 e. The Labute approximate surface area is 149 Å². The second-order valence-corrected chi connectivity index (χ2v) is 6.55. The Kier molecular flexibility index (Phi) is 3.91. The minimum Gasteiger partial charge on any atom is -0.478 e. The fourth-order valence-corrected chi connectivity index (χ4v) is 3.56. The molecule has 132 valence electrons. The van der Waals surface area contributed by atoms with Gasteiger partial charge in [-0.15, -0.1) is 0 Å². The van der Waals surface area contributed by atoms with E-state index in [2.05, 4.69) is 9.97 Å². The number of aromatic nitrogens is 3. The quantitative estimate of drug-likeness (QED) is 0.783. The van der Waals surface area contributed by atoms with Gasteiger partial charge in [-0.2, -0.15) is 0 Å². The molecule has 26 heavy (non-hydrogen) atoms. The van der Waals surface area contributed by atoms with Gasteiger partial charge in [-0.1, -0.05) is 18.2 Å². The molecule has 0 bridgehead atoms. The number of fused-ring (bicyclic) bond motifs is 1. The van der Waals surface area contributed by atoms with E-state index in [1.54, 1.807) is 40.2 Å². The summed E-state index contributed by atoms with van der Waals surface area (Å²) in [6.07, 6.45) is 3.99. The van der Waals surface area contributed by atoms with Crippen molar-refractivity contribution in [2.24, 2.45) is 7.05 Å². The molecule has 1 atom stereocenters. The van der Waals surface area contributed by atoms with E-state index in [1.807, 2.05) is 19.2 Å². The van der Waals surface area contributed by atoms with E-state index in [0.29, 0.717) is 29.7 Å². The fourth-order valence-electron chi connectivity index (χ4n) is 3.56. The lowest BCUT2D eigenvalue weighted by Crippen LogP contribution is -2.28. The molecule has 1 aliphatic heterocycles. The van der Waals surface area contributed by atoms with Gasteiger partial charge < -0.3 is 14.6 Å². The number of carbonyl (C=O) groups excluding carboxylic acids is 1. The van der Waals surface area contributed by atoms with E-state index in [4.69, 9.17) is 0 Å². The van der Waals surface area contributed by atoms with Crippen LogP contribution in [0.3, 0.4) is 0 Å². The highest BCUT2D eigenvalue weighted by atomic mass is 16.4. The highest BCUT2D eigenvalue weighted by Gasteiger charge is 2.30. The number of pyridine rings is 1. The van der Waals surface area contributed by atoms with E-state index in [9.17, 15) is 14.7 Å². The second kappa shape index (κ2) is 6.25. The zero-order chi connectivity index (χ0) is 18.3. The number of imidazole rings is 1. The SMILES string of the molecule is Cn1cnc2cc(C(=O)N3CC[C@H](c4ccccc4C(=O)O)C3)cnc21. The van der Waals surface area contributed by atoms with Crippen molar-refractivity contribution in [2.45, 2.75) is 12.3 Å². The number of hydrogen-bond acceptors (Lipinski definition) is 4. The molecule has 0 saturated carbocycles. The second-order valence-electron chi connectivity index (χ2n) is 6.55. The predicted octanol–water partition coefficient (Wildman–Crippen LogP) is 2.30. The number of carboxylic acids is 1. The van der Waals surface area contributed by atoms with Crippen molar-refractivity contribution in [1.82, 2.24) is 19.4 Å². The summed E-state index contributed by atoms with van der Waals surface area (Å²) in [5, 5.41) is 9.38. The molecule has 0 spiro atoms. The average Bonchev–Trinajstić information content (AvgIpc) is 3.28. The van der Waals surface area contributed by atoms with E-state index in [1.165, 1.54) is 0 Å². The van der Waals surface area contributed by atoms with Crippen LogP contribution in [-0.4, -0.2) is 49.5 Å². The number of carboxylic acid groups (broad SMARTS) is 1. The van der Waals surface area contributed by atoms with Crippen LogP contribution in [0.1, 0.15) is 38.6 Å². The molecule has 1 N–H and O–H groups in total. The van der Waals surface area contributed by atoms with Gasteiger partial charge in [-0.3, -0.25) is 4.79 Å². The summed E-state index contributed by atoms with van der Waals surface area (Å²) in [5.41, 5.74) is 3.02.